The van der Waals surface area contributed by atoms with Crippen LogP contribution in [0.5, 0.6) is 0 Å². The van der Waals surface area contributed by atoms with Crippen LogP contribution in [0.1, 0.15) is 36.5 Å². The summed E-state index contributed by atoms with van der Waals surface area (Å²) in [6, 6.07) is 8.87. The lowest BCUT2D eigenvalue weighted by Crippen LogP contribution is -2.30. The molecular formula is C20H22N4O3S. The van der Waals surface area contributed by atoms with Crippen molar-refractivity contribution >= 4 is 28.8 Å². The number of anilines is 1. The summed E-state index contributed by atoms with van der Waals surface area (Å²) >= 11 is 1.55. The molecule has 3 rings (SSSR count). The van der Waals surface area contributed by atoms with Crippen LogP contribution in [-0.2, 0) is 11.2 Å². The van der Waals surface area contributed by atoms with Crippen LogP contribution in [0, 0.1) is 0 Å². The molecule has 1 N–H and O–H groups in total. The first kappa shape index (κ1) is 19.8. The van der Waals surface area contributed by atoms with Crippen LogP contribution in [0.3, 0.4) is 0 Å². The third kappa shape index (κ3) is 4.83. The SMILES string of the molecule is CCN(CC)C(=O)c1cccc(NC(=O)CCc2nnc(-c3ccsc3)o2)c1. The third-order valence-corrected chi connectivity index (χ3v) is 4.93. The molecule has 0 radical (unpaired) electrons. The van der Waals surface area contributed by atoms with Gasteiger partial charge in [-0.1, -0.05) is 6.07 Å². The number of thiophene rings is 1. The molecule has 0 saturated carbocycles. The Morgan fingerprint density at radius 2 is 2.00 bits per heavy atom. The maximum atomic E-state index is 12.4. The highest BCUT2D eigenvalue weighted by Gasteiger charge is 2.14. The van der Waals surface area contributed by atoms with E-state index in [1.165, 1.54) is 0 Å². The van der Waals surface area contributed by atoms with Crippen molar-refractivity contribution in [3.63, 3.8) is 0 Å². The van der Waals surface area contributed by atoms with Gasteiger partial charge in [-0.2, -0.15) is 11.3 Å². The molecule has 2 amide bonds. The second-order valence-electron chi connectivity index (χ2n) is 6.12. The molecule has 28 heavy (non-hydrogen) atoms. The molecule has 2 aromatic heterocycles. The van der Waals surface area contributed by atoms with Crippen LogP contribution in [0.15, 0.2) is 45.5 Å². The molecule has 0 fully saturated rings. The fourth-order valence-electron chi connectivity index (χ4n) is 2.72. The van der Waals surface area contributed by atoms with Crippen LogP contribution in [0.2, 0.25) is 0 Å². The van der Waals surface area contributed by atoms with E-state index in [1.807, 2.05) is 30.7 Å². The molecule has 0 aliphatic rings. The second kappa shape index (κ2) is 9.27. The molecule has 1 aromatic carbocycles. The number of carbonyl (C=O) groups is 2. The molecule has 0 atom stereocenters. The number of rotatable bonds is 8. The molecule has 7 nitrogen and oxygen atoms in total. The van der Waals surface area contributed by atoms with Crippen LogP contribution in [0.25, 0.3) is 11.5 Å². The Hall–Kier alpha value is -3.00. The van der Waals surface area contributed by atoms with Gasteiger partial charge in [0, 0.05) is 48.1 Å². The first-order valence-electron chi connectivity index (χ1n) is 9.14. The van der Waals surface area contributed by atoms with Gasteiger partial charge < -0.3 is 14.6 Å². The highest BCUT2D eigenvalue weighted by molar-refractivity contribution is 7.08. The quantitative estimate of drug-likeness (QED) is 0.623. The van der Waals surface area contributed by atoms with E-state index in [0.717, 1.165) is 5.56 Å². The number of aromatic nitrogens is 2. The van der Waals surface area contributed by atoms with Crippen molar-refractivity contribution in [1.29, 1.82) is 0 Å². The lowest BCUT2D eigenvalue weighted by molar-refractivity contribution is -0.116. The lowest BCUT2D eigenvalue weighted by atomic mass is 10.1. The minimum atomic E-state index is -0.178. The smallest absolute Gasteiger partial charge is 0.253 e. The Morgan fingerprint density at radius 1 is 1.18 bits per heavy atom. The van der Waals surface area contributed by atoms with Crippen molar-refractivity contribution in [1.82, 2.24) is 15.1 Å². The van der Waals surface area contributed by atoms with E-state index in [1.54, 1.807) is 40.5 Å². The fraction of sp³-hybridized carbons (Fsp3) is 0.300. The molecule has 2 heterocycles. The molecule has 3 aromatic rings. The van der Waals surface area contributed by atoms with Gasteiger partial charge in [-0.15, -0.1) is 10.2 Å². The standard InChI is InChI=1S/C20H22N4O3S/c1-3-24(4-2)20(26)14-6-5-7-16(12-14)21-17(25)8-9-18-22-23-19(27-18)15-10-11-28-13-15/h5-7,10-13H,3-4,8-9H2,1-2H3,(H,21,25). The topological polar surface area (TPSA) is 88.3 Å². The lowest BCUT2D eigenvalue weighted by Gasteiger charge is -2.19. The van der Waals surface area contributed by atoms with Crippen LogP contribution in [0.4, 0.5) is 5.69 Å². The molecule has 0 spiro atoms. The van der Waals surface area contributed by atoms with Gasteiger partial charge >= 0.3 is 0 Å². The first-order chi connectivity index (χ1) is 13.6. The Labute approximate surface area is 167 Å². The number of nitrogens with one attached hydrogen (secondary N) is 1. The van der Waals surface area contributed by atoms with Gasteiger partial charge in [0.1, 0.15) is 0 Å². The van der Waals surface area contributed by atoms with Crippen LogP contribution in [-0.4, -0.2) is 40.0 Å². The van der Waals surface area contributed by atoms with Gasteiger partial charge in [-0.25, -0.2) is 0 Å². The monoisotopic (exact) mass is 398 g/mol. The van der Waals surface area contributed by atoms with E-state index < -0.39 is 0 Å². The molecule has 8 heteroatoms. The molecule has 146 valence electrons. The summed E-state index contributed by atoms with van der Waals surface area (Å²) in [5, 5.41) is 14.7. The average Bonchev–Trinajstić information content (AvgIpc) is 3.39. The van der Waals surface area contributed by atoms with Gasteiger partial charge in [-0.05, 0) is 43.5 Å². The first-order valence-corrected chi connectivity index (χ1v) is 10.1. The largest absolute Gasteiger partial charge is 0.421 e. The number of benzene rings is 1. The molecule has 0 aliphatic heterocycles. The van der Waals surface area contributed by atoms with E-state index in [0.29, 0.717) is 42.5 Å². The highest BCUT2D eigenvalue weighted by Crippen LogP contribution is 2.21. The van der Waals surface area contributed by atoms with Gasteiger partial charge in [0.15, 0.2) is 0 Å². The van der Waals surface area contributed by atoms with Gasteiger partial charge in [0.05, 0.1) is 0 Å². The van der Waals surface area contributed by atoms with Crippen LogP contribution < -0.4 is 5.32 Å². The van der Waals surface area contributed by atoms with Crippen molar-refractivity contribution in [3.8, 4) is 11.5 Å². The van der Waals surface area contributed by atoms with Crippen molar-refractivity contribution in [3.05, 3.63) is 52.5 Å². The summed E-state index contributed by atoms with van der Waals surface area (Å²) in [6.45, 7) is 5.16. The summed E-state index contributed by atoms with van der Waals surface area (Å²) in [4.78, 5) is 26.4. The van der Waals surface area contributed by atoms with Crippen molar-refractivity contribution in [2.45, 2.75) is 26.7 Å². The third-order valence-electron chi connectivity index (χ3n) is 4.24. The summed E-state index contributed by atoms with van der Waals surface area (Å²) in [5.41, 5.74) is 2.02. The van der Waals surface area contributed by atoms with Crippen molar-refractivity contribution in [2.24, 2.45) is 0 Å². The Morgan fingerprint density at radius 3 is 2.71 bits per heavy atom. The number of aryl methyl sites for hydroxylation is 1. The Balaban J connectivity index is 1.56. The predicted molar refractivity (Wildman–Crippen MR) is 108 cm³/mol. The van der Waals surface area contributed by atoms with Crippen LogP contribution >= 0.6 is 11.3 Å². The summed E-state index contributed by atoms with van der Waals surface area (Å²) in [6.07, 6.45) is 0.556. The zero-order valence-corrected chi connectivity index (χ0v) is 16.7. The molecular weight excluding hydrogens is 376 g/mol. The minimum absolute atomic E-state index is 0.0482. The van der Waals surface area contributed by atoms with E-state index in [-0.39, 0.29) is 18.2 Å². The number of hydrogen-bond acceptors (Lipinski definition) is 6. The Kier molecular flexibility index (Phi) is 6.54. The van der Waals surface area contributed by atoms with Crippen molar-refractivity contribution in [2.75, 3.05) is 18.4 Å². The fourth-order valence-corrected chi connectivity index (χ4v) is 3.35. The summed E-state index contributed by atoms with van der Waals surface area (Å²) < 4.78 is 5.58. The van der Waals surface area contributed by atoms with Gasteiger partial charge in [-0.3, -0.25) is 9.59 Å². The number of hydrogen-bond donors (Lipinski definition) is 1. The Bertz CT molecular complexity index is 933. The molecule has 0 aliphatic carbocycles. The van der Waals surface area contributed by atoms with Crippen molar-refractivity contribution < 1.29 is 14.0 Å². The number of amides is 2. The summed E-state index contributed by atoms with van der Waals surface area (Å²) in [7, 11) is 0. The van der Waals surface area contributed by atoms with E-state index in [9.17, 15) is 9.59 Å². The molecule has 0 bridgehead atoms. The van der Waals surface area contributed by atoms with Gasteiger partial charge in [0.2, 0.25) is 17.7 Å². The normalized spacial score (nSPS) is 10.6. The second-order valence-corrected chi connectivity index (χ2v) is 6.90. The van der Waals surface area contributed by atoms with E-state index >= 15 is 0 Å². The van der Waals surface area contributed by atoms with E-state index in [4.69, 9.17) is 4.42 Å². The number of nitrogens with zero attached hydrogens (tertiary/aromatic N) is 3. The zero-order chi connectivity index (χ0) is 19.9. The molecule has 0 saturated heterocycles. The van der Waals surface area contributed by atoms with E-state index in [2.05, 4.69) is 15.5 Å². The average molecular weight is 398 g/mol. The highest BCUT2D eigenvalue weighted by atomic mass is 32.1. The maximum Gasteiger partial charge on any atom is 0.253 e. The molecule has 0 unspecified atom stereocenters. The maximum absolute atomic E-state index is 12.4. The predicted octanol–water partition coefficient (Wildman–Crippen LogP) is 3.85. The number of carbonyl (C=O) groups excluding carboxylic acids is 2. The summed E-state index contributed by atoms with van der Waals surface area (Å²) in [5.74, 6) is 0.650. The zero-order valence-electron chi connectivity index (χ0n) is 15.8. The van der Waals surface area contributed by atoms with Gasteiger partial charge in [0.25, 0.3) is 5.91 Å². The minimum Gasteiger partial charge on any atom is -0.421 e.